The molecule has 0 radical (unpaired) electrons. The number of alkyl halides is 3. The van der Waals surface area contributed by atoms with Crippen molar-refractivity contribution in [2.24, 2.45) is 0 Å². The van der Waals surface area contributed by atoms with E-state index in [0.29, 0.717) is 11.3 Å². The Labute approximate surface area is 124 Å². The summed E-state index contributed by atoms with van der Waals surface area (Å²) in [6.45, 7) is 1.68. The highest BCUT2D eigenvalue weighted by molar-refractivity contribution is 6.41. The van der Waals surface area contributed by atoms with Crippen LogP contribution in [0.5, 0.6) is 0 Å². The summed E-state index contributed by atoms with van der Waals surface area (Å²) >= 11 is 10.3. The third kappa shape index (κ3) is 4.28. The molecule has 0 aliphatic carbocycles. The van der Waals surface area contributed by atoms with Crippen LogP contribution in [0.15, 0.2) is 36.1 Å². The Morgan fingerprint density at radius 1 is 1.30 bits per heavy atom. The zero-order chi connectivity index (χ0) is 15.3. The molecule has 0 aliphatic heterocycles. The highest BCUT2D eigenvalue weighted by Gasteiger charge is 2.41. The molecule has 108 valence electrons. The van der Waals surface area contributed by atoms with Crippen LogP contribution in [0.3, 0.4) is 0 Å². The Morgan fingerprint density at radius 2 is 1.85 bits per heavy atom. The highest BCUT2D eigenvalue weighted by atomic mass is 35.5. The average Bonchev–Trinajstić information content (AvgIpc) is 2.38. The van der Waals surface area contributed by atoms with E-state index in [1.165, 1.54) is 24.3 Å². The zero-order valence-corrected chi connectivity index (χ0v) is 11.8. The minimum absolute atomic E-state index is 0.0228. The molecule has 0 N–H and O–H groups in total. The van der Waals surface area contributed by atoms with Gasteiger partial charge in [0.2, 0.25) is 0 Å². The van der Waals surface area contributed by atoms with Crippen LogP contribution in [0.1, 0.15) is 17.3 Å². The van der Waals surface area contributed by atoms with Crippen molar-refractivity contribution in [2.45, 2.75) is 12.3 Å². The molecule has 7 heteroatoms. The number of benzene rings is 1. The fraction of sp³-hybridized carbons (Fsp3) is 0.231. The second-order valence-electron chi connectivity index (χ2n) is 3.65. The third-order valence-electron chi connectivity index (χ3n) is 2.22. The minimum Gasteiger partial charge on any atom is -0.501 e. The maximum Gasteiger partial charge on any atom is 0.385 e. The summed E-state index contributed by atoms with van der Waals surface area (Å²) in [5.41, 5.74) is -0.802. The first-order valence-electron chi connectivity index (χ1n) is 5.51. The van der Waals surface area contributed by atoms with Crippen molar-refractivity contribution < 1.29 is 23.1 Å². The molecule has 0 bridgehead atoms. The molecule has 0 amide bonds. The number of allylic oxidation sites excluding steroid dienone is 1. The van der Waals surface area contributed by atoms with Gasteiger partial charge in [0.1, 0.15) is 5.57 Å². The van der Waals surface area contributed by atoms with Crippen molar-refractivity contribution in [1.82, 2.24) is 0 Å². The summed E-state index contributed by atoms with van der Waals surface area (Å²) in [5.74, 6) is -2.73. The summed E-state index contributed by atoms with van der Waals surface area (Å²) in [6.07, 6.45) is 0.690. The molecule has 0 atom stereocenters. The van der Waals surface area contributed by atoms with E-state index in [-0.39, 0.29) is 12.2 Å². The van der Waals surface area contributed by atoms with E-state index in [1.807, 2.05) is 0 Å². The molecule has 0 heterocycles. The van der Waals surface area contributed by atoms with Crippen LogP contribution < -0.4 is 0 Å². The molecule has 0 unspecified atom stereocenters. The van der Waals surface area contributed by atoms with E-state index < -0.39 is 22.5 Å². The van der Waals surface area contributed by atoms with E-state index in [2.05, 4.69) is 11.6 Å². The molecule has 0 aromatic heterocycles. The summed E-state index contributed by atoms with van der Waals surface area (Å²) in [6, 6.07) is 5.42. The van der Waals surface area contributed by atoms with Gasteiger partial charge in [-0.25, -0.2) is 0 Å². The quantitative estimate of drug-likeness (QED) is 0.199. The molecule has 0 aliphatic rings. The Balaban J connectivity index is 3.15. The van der Waals surface area contributed by atoms with Crippen molar-refractivity contribution in [2.75, 3.05) is 6.61 Å². The van der Waals surface area contributed by atoms with Crippen LogP contribution in [0.4, 0.5) is 8.78 Å². The topological polar surface area (TPSA) is 43.4 Å². The van der Waals surface area contributed by atoms with Gasteiger partial charge in [-0.1, -0.05) is 11.6 Å². The standard InChI is InChI=1S/C13H10Cl2F2O3/c1-2-20-7-10(12(19)13(15,16)17)11(18)8-3-5-9(14)6-4-8/h3-7H,2H2,1H3/b10-7+. The van der Waals surface area contributed by atoms with E-state index in [4.69, 9.17) is 16.3 Å². The first-order valence-corrected chi connectivity index (χ1v) is 6.26. The monoisotopic (exact) mass is 322 g/mol. The molecule has 20 heavy (non-hydrogen) atoms. The summed E-state index contributed by atoms with van der Waals surface area (Å²) < 4.78 is 30.5. The summed E-state index contributed by atoms with van der Waals surface area (Å²) in [4.78, 5) is 23.5. The fourth-order valence-corrected chi connectivity index (χ4v) is 1.51. The smallest absolute Gasteiger partial charge is 0.385 e. The van der Waals surface area contributed by atoms with Crippen molar-refractivity contribution in [3.05, 3.63) is 46.7 Å². The van der Waals surface area contributed by atoms with Gasteiger partial charge >= 0.3 is 5.38 Å². The molecule has 1 rings (SSSR count). The van der Waals surface area contributed by atoms with Gasteiger partial charge in [-0.2, -0.15) is 8.78 Å². The van der Waals surface area contributed by atoms with Gasteiger partial charge in [-0.15, -0.1) is 0 Å². The van der Waals surface area contributed by atoms with Crippen molar-refractivity contribution >= 4 is 34.8 Å². The van der Waals surface area contributed by atoms with E-state index in [9.17, 15) is 18.4 Å². The lowest BCUT2D eigenvalue weighted by Crippen LogP contribution is -2.27. The molecule has 0 fully saturated rings. The molecule has 0 spiro atoms. The fourth-order valence-electron chi connectivity index (χ4n) is 1.29. The van der Waals surface area contributed by atoms with Gasteiger partial charge in [-0.05, 0) is 42.8 Å². The van der Waals surface area contributed by atoms with Crippen molar-refractivity contribution in [3.63, 3.8) is 0 Å². The second-order valence-corrected chi connectivity index (χ2v) is 4.56. The number of ether oxygens (including phenoxy) is 1. The van der Waals surface area contributed by atoms with Crippen LogP contribution in [-0.4, -0.2) is 23.6 Å². The number of hydrogen-bond donors (Lipinski definition) is 0. The number of halogens is 4. The van der Waals surface area contributed by atoms with E-state index in [1.54, 1.807) is 6.92 Å². The molecule has 0 saturated heterocycles. The van der Waals surface area contributed by atoms with E-state index >= 15 is 0 Å². The maximum atomic E-state index is 12.9. The zero-order valence-electron chi connectivity index (χ0n) is 10.3. The molecule has 3 nitrogen and oxygen atoms in total. The molecular formula is C13H10Cl2F2O3. The van der Waals surface area contributed by atoms with Crippen molar-refractivity contribution in [3.8, 4) is 0 Å². The number of carbonyl (C=O) groups excluding carboxylic acids is 2. The molecule has 1 aromatic carbocycles. The lowest BCUT2D eigenvalue weighted by molar-refractivity contribution is -0.129. The Bertz CT molecular complexity index is 534. The Morgan fingerprint density at radius 3 is 2.30 bits per heavy atom. The van der Waals surface area contributed by atoms with E-state index in [0.717, 1.165) is 0 Å². The number of ketones is 2. The first-order chi connectivity index (χ1) is 9.27. The van der Waals surface area contributed by atoms with Gasteiger partial charge in [0.15, 0.2) is 5.78 Å². The first kappa shape index (κ1) is 16.6. The lowest BCUT2D eigenvalue weighted by atomic mass is 10.0. The van der Waals surface area contributed by atoms with Gasteiger partial charge < -0.3 is 4.74 Å². The second kappa shape index (κ2) is 6.81. The third-order valence-corrected chi connectivity index (χ3v) is 2.64. The van der Waals surface area contributed by atoms with Crippen LogP contribution in [0.2, 0.25) is 5.02 Å². The number of Topliss-reactive ketones (excluding diaryl/α,β-unsaturated/α-hetero) is 2. The van der Waals surface area contributed by atoms with Crippen LogP contribution in [0.25, 0.3) is 0 Å². The Kier molecular flexibility index (Phi) is 5.65. The van der Waals surface area contributed by atoms with Gasteiger partial charge in [0, 0.05) is 10.6 Å². The number of carbonyl (C=O) groups is 2. The largest absolute Gasteiger partial charge is 0.501 e. The summed E-state index contributed by atoms with van der Waals surface area (Å²) in [5, 5.41) is -3.81. The lowest BCUT2D eigenvalue weighted by Gasteiger charge is -2.10. The predicted molar refractivity (Wildman–Crippen MR) is 71.3 cm³/mol. The minimum atomic E-state index is -4.18. The maximum absolute atomic E-state index is 12.9. The molecule has 1 aromatic rings. The molecule has 0 saturated carbocycles. The number of rotatable bonds is 6. The van der Waals surface area contributed by atoms with Gasteiger partial charge in [0.25, 0.3) is 5.78 Å². The summed E-state index contributed by atoms with van der Waals surface area (Å²) in [7, 11) is 0. The SMILES string of the molecule is CCO/C=C(\C(=O)c1ccc(Cl)cc1)C(=O)C(F)(F)Cl. The van der Waals surface area contributed by atoms with Crippen LogP contribution in [0, 0.1) is 0 Å². The van der Waals surface area contributed by atoms with Crippen molar-refractivity contribution in [1.29, 1.82) is 0 Å². The highest BCUT2D eigenvalue weighted by Crippen LogP contribution is 2.26. The van der Waals surface area contributed by atoms with Gasteiger partial charge in [-0.3, -0.25) is 9.59 Å². The van der Waals surface area contributed by atoms with Crippen LogP contribution in [-0.2, 0) is 9.53 Å². The Hall–Kier alpha value is -1.46. The van der Waals surface area contributed by atoms with Crippen LogP contribution >= 0.6 is 23.2 Å². The molecular weight excluding hydrogens is 313 g/mol. The average molecular weight is 323 g/mol. The van der Waals surface area contributed by atoms with Gasteiger partial charge in [0.05, 0.1) is 12.9 Å². The predicted octanol–water partition coefficient (Wildman–Crippen LogP) is 3.84. The number of hydrogen-bond acceptors (Lipinski definition) is 3. The normalized spacial score (nSPS) is 12.2.